The number of benzene rings is 1. The number of carbonyl (C=O) groups excluding carboxylic acids is 2. The van der Waals surface area contributed by atoms with Gasteiger partial charge >= 0.3 is 0 Å². The molecule has 1 rings (SSSR count). The van der Waals surface area contributed by atoms with E-state index in [1.165, 1.54) is 11.8 Å². The Labute approximate surface area is 111 Å². The van der Waals surface area contributed by atoms with Crippen molar-refractivity contribution in [2.75, 3.05) is 14.2 Å². The van der Waals surface area contributed by atoms with Crippen molar-refractivity contribution in [3.05, 3.63) is 28.8 Å². The van der Waals surface area contributed by atoms with Crippen LogP contribution in [0.1, 0.15) is 18.9 Å². The molecule has 1 aromatic carbocycles. The summed E-state index contributed by atoms with van der Waals surface area (Å²) >= 11 is 5.91. The maximum Gasteiger partial charge on any atom is 0.230 e. The number of nitrogens with zero attached hydrogens (tertiary/aromatic N) is 1. The third-order valence-electron chi connectivity index (χ3n) is 2.48. The fourth-order valence-corrected chi connectivity index (χ4v) is 1.76. The van der Waals surface area contributed by atoms with Crippen LogP contribution < -0.4 is 4.74 Å². The van der Waals surface area contributed by atoms with Crippen molar-refractivity contribution in [1.82, 2.24) is 4.90 Å². The summed E-state index contributed by atoms with van der Waals surface area (Å²) in [5.74, 6) is 0.302. The van der Waals surface area contributed by atoms with Gasteiger partial charge in [0.2, 0.25) is 5.91 Å². The molecule has 0 N–H and O–H groups in total. The molecular weight excluding hydrogens is 254 g/mol. The summed E-state index contributed by atoms with van der Waals surface area (Å²) in [6, 6.07) is 5.22. The summed E-state index contributed by atoms with van der Waals surface area (Å²) in [6.07, 6.45) is -0.0839. The van der Waals surface area contributed by atoms with Crippen LogP contribution in [0.4, 0.5) is 0 Å². The molecule has 0 radical (unpaired) electrons. The molecule has 5 heteroatoms. The predicted octanol–water partition coefficient (Wildman–Crippen LogP) is 2.29. The van der Waals surface area contributed by atoms with Crippen molar-refractivity contribution in [3.63, 3.8) is 0 Å². The van der Waals surface area contributed by atoms with Crippen LogP contribution in [0.2, 0.25) is 5.02 Å². The SMILES string of the molecule is COc1ccc(Cl)cc1CN(C)C(=O)CC(C)=O. The Hall–Kier alpha value is -1.55. The van der Waals surface area contributed by atoms with Gasteiger partial charge in [0, 0.05) is 24.2 Å². The van der Waals surface area contributed by atoms with Gasteiger partial charge in [0.05, 0.1) is 13.5 Å². The first kappa shape index (κ1) is 14.5. The van der Waals surface area contributed by atoms with E-state index >= 15 is 0 Å². The highest BCUT2D eigenvalue weighted by Crippen LogP contribution is 2.23. The summed E-state index contributed by atoms with van der Waals surface area (Å²) < 4.78 is 5.20. The van der Waals surface area contributed by atoms with Crippen LogP contribution in [0, 0.1) is 0 Å². The van der Waals surface area contributed by atoms with Gasteiger partial charge in [-0.2, -0.15) is 0 Å². The number of hydrogen-bond acceptors (Lipinski definition) is 3. The molecular formula is C13H16ClNO3. The number of ether oxygens (including phenoxy) is 1. The van der Waals surface area contributed by atoms with Crippen molar-refractivity contribution in [2.45, 2.75) is 19.9 Å². The first-order valence-corrected chi connectivity index (χ1v) is 5.87. The van der Waals surface area contributed by atoms with Gasteiger partial charge in [-0.05, 0) is 25.1 Å². The second-order valence-corrected chi connectivity index (χ2v) is 4.52. The Kier molecular flexibility index (Phi) is 5.16. The molecule has 0 bridgehead atoms. The minimum Gasteiger partial charge on any atom is -0.496 e. The lowest BCUT2D eigenvalue weighted by Crippen LogP contribution is -2.27. The van der Waals surface area contributed by atoms with Gasteiger partial charge in [-0.3, -0.25) is 9.59 Å². The number of amides is 1. The van der Waals surface area contributed by atoms with Crippen molar-refractivity contribution >= 4 is 23.3 Å². The Morgan fingerprint density at radius 2 is 2.06 bits per heavy atom. The number of halogens is 1. The lowest BCUT2D eigenvalue weighted by Gasteiger charge is -2.18. The fourth-order valence-electron chi connectivity index (χ4n) is 1.56. The minimum absolute atomic E-state index is 0.0839. The molecule has 0 aliphatic rings. The standard InChI is InChI=1S/C13H16ClNO3/c1-9(16)6-13(17)15(2)8-10-7-11(14)4-5-12(10)18-3/h4-5,7H,6,8H2,1-3H3. The van der Waals surface area contributed by atoms with E-state index in [0.717, 1.165) is 5.56 Å². The molecule has 0 heterocycles. The van der Waals surface area contributed by atoms with Crippen LogP contribution in [0.5, 0.6) is 5.75 Å². The molecule has 1 aromatic rings. The average molecular weight is 270 g/mol. The number of ketones is 1. The monoisotopic (exact) mass is 269 g/mol. The smallest absolute Gasteiger partial charge is 0.230 e. The van der Waals surface area contributed by atoms with Crippen LogP contribution >= 0.6 is 11.6 Å². The highest BCUT2D eigenvalue weighted by molar-refractivity contribution is 6.30. The lowest BCUT2D eigenvalue weighted by molar-refractivity contribution is -0.134. The number of Topliss-reactive ketones (excluding diaryl/α,β-unsaturated/α-hetero) is 1. The van der Waals surface area contributed by atoms with Crippen LogP contribution in [0.15, 0.2) is 18.2 Å². The van der Waals surface area contributed by atoms with E-state index < -0.39 is 0 Å². The van der Waals surface area contributed by atoms with Crippen LogP contribution in [-0.2, 0) is 16.1 Å². The number of hydrogen-bond donors (Lipinski definition) is 0. The third-order valence-corrected chi connectivity index (χ3v) is 2.71. The maximum atomic E-state index is 11.7. The van der Waals surface area contributed by atoms with Crippen LogP contribution in [-0.4, -0.2) is 30.7 Å². The Morgan fingerprint density at radius 1 is 1.39 bits per heavy atom. The zero-order valence-electron chi connectivity index (χ0n) is 10.7. The van der Waals surface area contributed by atoms with Gasteiger partial charge < -0.3 is 9.64 Å². The Morgan fingerprint density at radius 3 is 2.61 bits per heavy atom. The maximum absolute atomic E-state index is 11.7. The summed E-state index contributed by atoms with van der Waals surface area (Å²) in [7, 11) is 3.20. The van der Waals surface area contributed by atoms with Gasteiger partial charge in [-0.15, -0.1) is 0 Å². The summed E-state index contributed by atoms with van der Waals surface area (Å²) in [4.78, 5) is 24.1. The predicted molar refractivity (Wildman–Crippen MR) is 69.8 cm³/mol. The highest BCUT2D eigenvalue weighted by atomic mass is 35.5. The molecule has 0 spiro atoms. The van der Waals surface area contributed by atoms with E-state index in [9.17, 15) is 9.59 Å². The third kappa shape index (κ3) is 4.04. The molecule has 0 aliphatic carbocycles. The molecule has 0 fully saturated rings. The molecule has 98 valence electrons. The zero-order valence-corrected chi connectivity index (χ0v) is 11.5. The molecule has 0 atom stereocenters. The molecule has 0 unspecified atom stereocenters. The second-order valence-electron chi connectivity index (χ2n) is 4.08. The van der Waals surface area contributed by atoms with Crippen molar-refractivity contribution in [3.8, 4) is 5.75 Å². The zero-order chi connectivity index (χ0) is 13.7. The summed E-state index contributed by atoms with van der Waals surface area (Å²) in [6.45, 7) is 1.75. The molecule has 0 saturated carbocycles. The van der Waals surface area contributed by atoms with Crippen molar-refractivity contribution in [2.24, 2.45) is 0 Å². The van der Waals surface area contributed by atoms with Gasteiger partial charge in [0.1, 0.15) is 11.5 Å². The quantitative estimate of drug-likeness (QED) is 0.771. The van der Waals surface area contributed by atoms with Crippen LogP contribution in [0.25, 0.3) is 0 Å². The van der Waals surface area contributed by atoms with Crippen LogP contribution in [0.3, 0.4) is 0 Å². The number of rotatable bonds is 5. The molecule has 1 amide bonds. The Balaban J connectivity index is 2.80. The minimum atomic E-state index is -0.218. The summed E-state index contributed by atoms with van der Waals surface area (Å²) in [5, 5.41) is 0.582. The Bertz CT molecular complexity index is 460. The first-order chi connectivity index (χ1) is 8.43. The van der Waals surface area contributed by atoms with Gasteiger partial charge in [0.15, 0.2) is 0 Å². The highest BCUT2D eigenvalue weighted by Gasteiger charge is 2.13. The average Bonchev–Trinajstić information content (AvgIpc) is 2.28. The number of methoxy groups -OCH3 is 1. The van der Waals surface area contributed by atoms with Crippen molar-refractivity contribution < 1.29 is 14.3 Å². The normalized spacial score (nSPS) is 10.0. The van der Waals surface area contributed by atoms with Gasteiger partial charge in [-0.1, -0.05) is 11.6 Å². The molecule has 0 saturated heterocycles. The van der Waals surface area contributed by atoms with E-state index in [1.54, 1.807) is 32.4 Å². The molecule has 0 aromatic heterocycles. The molecule has 4 nitrogen and oxygen atoms in total. The first-order valence-electron chi connectivity index (χ1n) is 5.50. The van der Waals surface area contributed by atoms with E-state index in [0.29, 0.717) is 17.3 Å². The van der Waals surface area contributed by atoms with E-state index in [1.807, 2.05) is 0 Å². The van der Waals surface area contributed by atoms with E-state index in [-0.39, 0.29) is 18.1 Å². The lowest BCUT2D eigenvalue weighted by atomic mass is 10.2. The fraction of sp³-hybridized carbons (Fsp3) is 0.385. The van der Waals surface area contributed by atoms with Gasteiger partial charge in [-0.25, -0.2) is 0 Å². The topological polar surface area (TPSA) is 46.6 Å². The largest absolute Gasteiger partial charge is 0.496 e. The summed E-state index contributed by atoms with van der Waals surface area (Å²) in [5.41, 5.74) is 0.810. The molecule has 0 aliphatic heterocycles. The van der Waals surface area contributed by atoms with E-state index in [4.69, 9.17) is 16.3 Å². The second kappa shape index (κ2) is 6.40. The van der Waals surface area contributed by atoms with Crippen molar-refractivity contribution in [1.29, 1.82) is 0 Å². The van der Waals surface area contributed by atoms with Gasteiger partial charge in [0.25, 0.3) is 0 Å². The molecule has 18 heavy (non-hydrogen) atoms. The van der Waals surface area contributed by atoms with E-state index in [2.05, 4.69) is 0 Å². The number of carbonyl (C=O) groups is 2.